The summed E-state index contributed by atoms with van der Waals surface area (Å²) in [5, 5.41) is 3.26. The van der Waals surface area contributed by atoms with Gasteiger partial charge < -0.3 is 10.2 Å². The number of rotatable bonds is 10. The molecular weight excluding hydrogens is 532 g/mol. The van der Waals surface area contributed by atoms with E-state index in [-0.39, 0.29) is 23.6 Å². The minimum absolute atomic E-state index is 0.0361. The smallest absolute Gasteiger partial charge is 0.243 e. The van der Waals surface area contributed by atoms with Crippen LogP contribution in [0.5, 0.6) is 0 Å². The van der Waals surface area contributed by atoms with Crippen molar-refractivity contribution in [1.29, 1.82) is 0 Å². The molecule has 0 aromatic heterocycles. The Hall–Kier alpha value is -2.57. The molecule has 36 heavy (non-hydrogen) atoms. The first-order chi connectivity index (χ1) is 17.5. The van der Waals surface area contributed by atoms with E-state index in [0.29, 0.717) is 13.0 Å². The molecule has 0 radical (unpaired) electrons. The molecule has 0 bridgehead atoms. The van der Waals surface area contributed by atoms with Crippen LogP contribution in [0.25, 0.3) is 0 Å². The number of carbonyl (C=O) groups excluding carboxylic acids is 2. The molecule has 1 fully saturated rings. The summed E-state index contributed by atoms with van der Waals surface area (Å²) in [5.41, 5.74) is 3.23. The van der Waals surface area contributed by atoms with Crippen LogP contribution in [0.1, 0.15) is 42.4 Å². The number of thioether (sulfide) groups is 1. The number of aryl methyl sites for hydroxylation is 1. The van der Waals surface area contributed by atoms with Crippen LogP contribution in [0.4, 0.5) is 0 Å². The summed E-state index contributed by atoms with van der Waals surface area (Å²) in [4.78, 5) is 30.3. The van der Waals surface area contributed by atoms with Gasteiger partial charge in [-0.25, -0.2) is 0 Å². The Balaban J connectivity index is 1.59. The predicted molar refractivity (Wildman–Crippen MR) is 151 cm³/mol. The van der Waals surface area contributed by atoms with E-state index in [9.17, 15) is 9.59 Å². The van der Waals surface area contributed by atoms with Crippen molar-refractivity contribution in [1.82, 2.24) is 10.2 Å². The van der Waals surface area contributed by atoms with Crippen LogP contribution in [0, 0.1) is 6.92 Å². The number of halogens is 1. The maximum Gasteiger partial charge on any atom is 0.243 e. The van der Waals surface area contributed by atoms with Crippen LogP contribution in [0.15, 0.2) is 88.2 Å². The molecule has 3 aromatic rings. The first-order valence-corrected chi connectivity index (χ1v) is 14.3. The normalized spacial score (nSPS) is 14.4. The fourth-order valence-corrected chi connectivity index (χ4v) is 5.62. The van der Waals surface area contributed by atoms with Crippen molar-refractivity contribution in [3.8, 4) is 0 Å². The predicted octanol–water partition coefficient (Wildman–Crippen LogP) is 6.55. The second-order valence-corrected chi connectivity index (χ2v) is 11.4. The summed E-state index contributed by atoms with van der Waals surface area (Å²) in [5.74, 6) is 0.184. The Kier molecular flexibility index (Phi) is 9.65. The number of hydrogen-bond donors (Lipinski definition) is 1. The molecular formula is C30H33BrN2O2S. The molecule has 2 amide bonds. The topological polar surface area (TPSA) is 49.4 Å². The minimum atomic E-state index is -0.581. The van der Waals surface area contributed by atoms with E-state index in [1.807, 2.05) is 66.7 Å². The second kappa shape index (κ2) is 13.1. The van der Waals surface area contributed by atoms with E-state index in [0.717, 1.165) is 46.2 Å². The Morgan fingerprint density at radius 1 is 0.944 bits per heavy atom. The van der Waals surface area contributed by atoms with Crippen molar-refractivity contribution in [2.45, 2.75) is 62.6 Å². The third kappa shape index (κ3) is 7.71. The van der Waals surface area contributed by atoms with Gasteiger partial charge in [-0.15, -0.1) is 11.8 Å². The molecule has 4 nitrogen and oxygen atoms in total. The molecule has 1 aliphatic rings. The highest BCUT2D eigenvalue weighted by Crippen LogP contribution is 2.23. The van der Waals surface area contributed by atoms with Gasteiger partial charge in [-0.2, -0.15) is 0 Å². The van der Waals surface area contributed by atoms with Gasteiger partial charge in [-0.1, -0.05) is 88.9 Å². The number of nitrogens with zero attached hydrogens (tertiary/aromatic N) is 1. The molecule has 1 N–H and O–H groups in total. The number of carbonyl (C=O) groups is 2. The molecule has 4 rings (SSSR count). The van der Waals surface area contributed by atoms with Gasteiger partial charge in [0.1, 0.15) is 6.04 Å². The summed E-state index contributed by atoms with van der Waals surface area (Å²) in [6.07, 6.45) is 4.78. The van der Waals surface area contributed by atoms with E-state index < -0.39 is 6.04 Å². The molecule has 188 valence electrons. The van der Waals surface area contributed by atoms with Crippen LogP contribution in [0.3, 0.4) is 0 Å². The van der Waals surface area contributed by atoms with Crippen molar-refractivity contribution in [3.63, 3.8) is 0 Å². The van der Waals surface area contributed by atoms with Crippen LogP contribution in [-0.2, 0) is 22.6 Å². The summed E-state index contributed by atoms with van der Waals surface area (Å²) in [6.45, 7) is 2.44. The van der Waals surface area contributed by atoms with E-state index in [2.05, 4.69) is 40.3 Å². The zero-order valence-corrected chi connectivity index (χ0v) is 23.1. The summed E-state index contributed by atoms with van der Waals surface area (Å²) >= 11 is 5.01. The van der Waals surface area contributed by atoms with Crippen molar-refractivity contribution in [2.24, 2.45) is 0 Å². The van der Waals surface area contributed by atoms with Gasteiger partial charge in [-0.3, -0.25) is 9.59 Å². The van der Waals surface area contributed by atoms with Crippen LogP contribution in [-0.4, -0.2) is 34.6 Å². The average Bonchev–Trinajstić information content (AvgIpc) is 3.40. The van der Waals surface area contributed by atoms with Crippen molar-refractivity contribution in [3.05, 3.63) is 100 Å². The quantitative estimate of drug-likeness (QED) is 0.284. The van der Waals surface area contributed by atoms with Crippen molar-refractivity contribution >= 4 is 39.5 Å². The highest BCUT2D eigenvalue weighted by atomic mass is 79.9. The molecule has 0 spiro atoms. The molecule has 1 atom stereocenters. The molecule has 0 saturated heterocycles. The Morgan fingerprint density at radius 3 is 2.28 bits per heavy atom. The minimum Gasteiger partial charge on any atom is -0.352 e. The number of hydrogen-bond acceptors (Lipinski definition) is 3. The fourth-order valence-electron chi connectivity index (χ4n) is 4.57. The van der Waals surface area contributed by atoms with Crippen LogP contribution < -0.4 is 5.32 Å². The van der Waals surface area contributed by atoms with E-state index in [4.69, 9.17) is 0 Å². The Morgan fingerprint density at radius 2 is 1.61 bits per heavy atom. The molecule has 3 aromatic carbocycles. The molecule has 1 saturated carbocycles. The van der Waals surface area contributed by atoms with Gasteiger partial charge in [0.2, 0.25) is 11.8 Å². The van der Waals surface area contributed by atoms with Gasteiger partial charge in [-0.05, 0) is 55.2 Å². The molecule has 6 heteroatoms. The van der Waals surface area contributed by atoms with E-state index in [1.165, 1.54) is 17.3 Å². The van der Waals surface area contributed by atoms with Gasteiger partial charge in [0.25, 0.3) is 0 Å². The number of amides is 2. The fraction of sp³-hybridized carbons (Fsp3) is 0.333. The maximum atomic E-state index is 13.7. The lowest BCUT2D eigenvalue weighted by molar-refractivity contribution is -0.139. The third-order valence-corrected chi connectivity index (χ3v) is 8.15. The maximum absolute atomic E-state index is 13.7. The zero-order chi connectivity index (χ0) is 25.3. The second-order valence-electron chi connectivity index (χ2n) is 9.45. The first-order valence-electron chi connectivity index (χ1n) is 12.6. The summed E-state index contributed by atoms with van der Waals surface area (Å²) < 4.78 is 0.985. The van der Waals surface area contributed by atoms with Gasteiger partial charge in [0.05, 0.1) is 5.75 Å². The van der Waals surface area contributed by atoms with Crippen LogP contribution in [0.2, 0.25) is 0 Å². The van der Waals surface area contributed by atoms with E-state index in [1.54, 1.807) is 4.90 Å². The number of nitrogens with one attached hydrogen (secondary N) is 1. The lowest BCUT2D eigenvalue weighted by atomic mass is 10.0. The van der Waals surface area contributed by atoms with Gasteiger partial charge in [0.15, 0.2) is 0 Å². The van der Waals surface area contributed by atoms with Crippen molar-refractivity contribution in [2.75, 3.05) is 5.75 Å². The third-order valence-electron chi connectivity index (χ3n) is 6.62. The van der Waals surface area contributed by atoms with Crippen LogP contribution >= 0.6 is 27.7 Å². The van der Waals surface area contributed by atoms with E-state index >= 15 is 0 Å². The van der Waals surface area contributed by atoms with Gasteiger partial charge in [0, 0.05) is 28.4 Å². The molecule has 0 unspecified atom stereocenters. The van der Waals surface area contributed by atoms with Crippen molar-refractivity contribution < 1.29 is 9.59 Å². The SMILES string of the molecule is Cc1ccc(SCC(=O)N(Cc2ccc(Br)cc2)[C@@H](Cc2ccccc2)C(=O)NC2CCCC2)cc1. The lowest BCUT2D eigenvalue weighted by Crippen LogP contribution is -2.52. The molecule has 1 aliphatic carbocycles. The Labute approximate surface area is 227 Å². The average molecular weight is 566 g/mol. The molecule has 0 aliphatic heterocycles. The summed E-state index contributed by atoms with van der Waals surface area (Å²) in [6, 6.07) is 25.8. The highest BCUT2D eigenvalue weighted by Gasteiger charge is 2.32. The largest absolute Gasteiger partial charge is 0.352 e. The first kappa shape index (κ1) is 26.5. The standard InChI is InChI=1S/C30H33BrN2O2S/c1-22-11-17-27(18-12-22)36-21-29(34)33(20-24-13-15-25(31)16-14-24)28(19-23-7-3-2-4-8-23)30(35)32-26-9-5-6-10-26/h2-4,7-8,11-18,26,28H,5-6,9-10,19-21H2,1H3,(H,32,35)/t28-/m0/s1. The Bertz CT molecular complexity index is 1130. The monoisotopic (exact) mass is 564 g/mol. The number of benzene rings is 3. The highest BCUT2D eigenvalue weighted by molar-refractivity contribution is 9.10. The molecule has 0 heterocycles. The van der Waals surface area contributed by atoms with Gasteiger partial charge >= 0.3 is 0 Å². The summed E-state index contributed by atoms with van der Waals surface area (Å²) in [7, 11) is 0. The zero-order valence-electron chi connectivity index (χ0n) is 20.7. The lowest BCUT2D eigenvalue weighted by Gasteiger charge is -2.32.